The van der Waals surface area contributed by atoms with Crippen molar-refractivity contribution in [2.45, 2.75) is 49.3 Å². The lowest BCUT2D eigenvalue weighted by atomic mass is 10.1. The number of hydrogen-bond donors (Lipinski definition) is 7. The van der Waals surface area contributed by atoms with Crippen molar-refractivity contribution in [2.75, 3.05) is 40.0 Å². The average molecular weight is 345 g/mol. The summed E-state index contributed by atoms with van der Waals surface area (Å²) in [6.07, 6.45) is -2.17. The van der Waals surface area contributed by atoms with Crippen LogP contribution in [-0.2, 0) is 4.74 Å². The first-order chi connectivity index (χ1) is 11.5. The van der Waals surface area contributed by atoms with Crippen LogP contribution in [0.25, 0.3) is 0 Å². The second kappa shape index (κ2) is 7.87. The Morgan fingerprint density at radius 3 is 2.79 bits per heavy atom. The molecule has 3 saturated heterocycles. The molecule has 24 heavy (non-hydrogen) atoms. The summed E-state index contributed by atoms with van der Waals surface area (Å²) in [5.74, 6) is 0. The highest BCUT2D eigenvalue weighted by molar-refractivity contribution is 5.01. The van der Waals surface area contributed by atoms with Gasteiger partial charge in [0.15, 0.2) is 0 Å². The van der Waals surface area contributed by atoms with Gasteiger partial charge in [-0.3, -0.25) is 16.0 Å². The number of fused-ring (bicyclic) bond motifs is 1. The lowest BCUT2D eigenvalue weighted by Gasteiger charge is -2.38. The maximum atomic E-state index is 10.5. The molecular weight excluding hydrogens is 314 g/mol. The minimum atomic E-state index is -0.952. The summed E-state index contributed by atoms with van der Waals surface area (Å²) >= 11 is 0. The number of aliphatic hydroxyl groups is 2. The van der Waals surface area contributed by atoms with Crippen LogP contribution in [0.15, 0.2) is 0 Å². The fourth-order valence-corrected chi connectivity index (χ4v) is 3.76. The van der Waals surface area contributed by atoms with E-state index in [0.717, 1.165) is 13.0 Å². The van der Waals surface area contributed by atoms with Crippen molar-refractivity contribution in [3.63, 3.8) is 0 Å². The third kappa shape index (κ3) is 3.58. The monoisotopic (exact) mass is 345 g/mol. The minimum absolute atomic E-state index is 0.0259. The topological polar surface area (TPSA) is 144 Å². The summed E-state index contributed by atoms with van der Waals surface area (Å²) in [4.78, 5) is 4.07. The maximum absolute atomic E-state index is 10.5. The number of nitrogens with one attached hydrogen (secondary N) is 3. The molecule has 3 heterocycles. The van der Waals surface area contributed by atoms with Crippen LogP contribution < -0.4 is 27.4 Å². The maximum Gasteiger partial charge on any atom is 0.142 e. The highest BCUT2D eigenvalue weighted by atomic mass is 16.6. The largest absolute Gasteiger partial charge is 0.387 e. The fourth-order valence-electron chi connectivity index (χ4n) is 3.76. The Kier molecular flexibility index (Phi) is 6.03. The van der Waals surface area contributed by atoms with Crippen molar-refractivity contribution in [1.82, 2.24) is 25.8 Å². The van der Waals surface area contributed by atoms with E-state index in [2.05, 4.69) is 20.9 Å². The molecule has 3 unspecified atom stereocenters. The van der Waals surface area contributed by atoms with E-state index >= 15 is 0 Å². The molecule has 0 saturated carbocycles. The van der Waals surface area contributed by atoms with Crippen LogP contribution in [0.4, 0.5) is 0 Å². The number of rotatable bonds is 6. The van der Waals surface area contributed by atoms with E-state index in [-0.39, 0.29) is 18.4 Å². The van der Waals surface area contributed by atoms with Gasteiger partial charge < -0.3 is 31.3 Å². The predicted octanol–water partition coefficient (Wildman–Crippen LogP) is -4.29. The summed E-state index contributed by atoms with van der Waals surface area (Å²) in [6, 6.07) is 0.0259. The number of likely N-dealkylation sites (N-methyl/N-ethyl adjacent to an activating group) is 1. The fraction of sp³-hybridized carbons (Fsp3) is 1.00. The third-order valence-corrected chi connectivity index (χ3v) is 5.14. The second-order valence-electron chi connectivity index (χ2n) is 6.91. The minimum Gasteiger partial charge on any atom is -0.387 e. The van der Waals surface area contributed by atoms with Gasteiger partial charge in [0.1, 0.15) is 24.5 Å². The first kappa shape index (κ1) is 18.4. The summed E-state index contributed by atoms with van der Waals surface area (Å²) < 4.78 is 6.02. The molecule has 0 aliphatic carbocycles. The van der Waals surface area contributed by atoms with E-state index in [1.54, 1.807) is 0 Å². The molecule has 0 bridgehead atoms. The van der Waals surface area contributed by atoms with Gasteiger partial charge in [0.25, 0.3) is 0 Å². The second-order valence-corrected chi connectivity index (χ2v) is 6.91. The third-order valence-electron chi connectivity index (χ3n) is 5.14. The van der Waals surface area contributed by atoms with Crippen LogP contribution >= 0.6 is 0 Å². The van der Waals surface area contributed by atoms with Crippen LogP contribution in [0.2, 0.25) is 0 Å². The number of nitrogens with two attached hydrogens (primary N) is 2. The molecule has 0 aromatic rings. The van der Waals surface area contributed by atoms with Crippen LogP contribution in [0.1, 0.15) is 6.42 Å². The molecule has 3 rings (SSSR count). The number of nitrogens with zero attached hydrogens (tertiary/aromatic N) is 2. The lowest BCUT2D eigenvalue weighted by Crippen LogP contribution is -2.68. The van der Waals surface area contributed by atoms with E-state index in [1.165, 1.54) is 0 Å². The Labute approximate surface area is 142 Å². The van der Waals surface area contributed by atoms with Gasteiger partial charge in [0.05, 0.1) is 25.0 Å². The van der Waals surface area contributed by atoms with E-state index in [9.17, 15) is 10.2 Å². The number of hydrogen-bond acceptors (Lipinski definition) is 10. The predicted molar refractivity (Wildman–Crippen MR) is 88.4 cm³/mol. The molecular formula is C14H31N7O3. The molecule has 0 amide bonds. The molecule has 0 aromatic heterocycles. The summed E-state index contributed by atoms with van der Waals surface area (Å²) in [6.45, 7) is 3.16. The molecule has 3 aliphatic rings. The molecule has 0 spiro atoms. The Hall–Kier alpha value is -0.400. The summed E-state index contributed by atoms with van der Waals surface area (Å²) in [5, 5.41) is 30.7. The van der Waals surface area contributed by atoms with Crippen molar-refractivity contribution < 1.29 is 14.9 Å². The highest BCUT2D eigenvalue weighted by Gasteiger charge is 2.51. The van der Waals surface area contributed by atoms with Gasteiger partial charge in [-0.2, -0.15) is 0 Å². The Bertz CT molecular complexity index is 418. The van der Waals surface area contributed by atoms with Crippen molar-refractivity contribution in [3.05, 3.63) is 0 Å². The van der Waals surface area contributed by atoms with Crippen LogP contribution in [0, 0.1) is 0 Å². The van der Waals surface area contributed by atoms with Gasteiger partial charge in [-0.1, -0.05) is 0 Å². The standard InChI is InChI=1S/C14H31N7O3/c1-20(4-2-3-15)5-8-10(22)11(23)14(24-8)21-7-19-9-12(16)17-6-18-13(9)21/h8-14,17-19,22-23H,2-7,15-16H2,1H3/t8-,9?,10-,11-,12?,13?,14-/m1/s1. The van der Waals surface area contributed by atoms with Crippen molar-refractivity contribution >= 4 is 0 Å². The quantitative estimate of drug-likeness (QED) is 0.252. The SMILES string of the molecule is CN(CCCN)C[C@H]1O[C@@H](N2CNC3C(N)NCNC32)[C@H](O)[C@@H]1O. The first-order valence-electron chi connectivity index (χ1n) is 8.64. The summed E-state index contributed by atoms with van der Waals surface area (Å²) in [7, 11) is 1.96. The number of aliphatic hydroxyl groups excluding tert-OH is 2. The van der Waals surface area contributed by atoms with Crippen molar-refractivity contribution in [1.29, 1.82) is 0 Å². The van der Waals surface area contributed by atoms with Crippen LogP contribution in [0.5, 0.6) is 0 Å². The molecule has 3 aliphatic heterocycles. The normalized spacial score (nSPS) is 43.5. The summed E-state index contributed by atoms with van der Waals surface area (Å²) in [5.41, 5.74) is 11.6. The zero-order valence-electron chi connectivity index (χ0n) is 14.1. The first-order valence-corrected chi connectivity index (χ1v) is 8.64. The van der Waals surface area contributed by atoms with E-state index in [1.807, 2.05) is 11.9 Å². The van der Waals surface area contributed by atoms with Gasteiger partial charge in [-0.25, -0.2) is 4.90 Å². The number of ether oxygens (including phenoxy) is 1. The molecule has 9 N–H and O–H groups in total. The van der Waals surface area contributed by atoms with Gasteiger partial charge >= 0.3 is 0 Å². The molecule has 7 atom stereocenters. The van der Waals surface area contributed by atoms with E-state index in [0.29, 0.717) is 26.4 Å². The van der Waals surface area contributed by atoms with E-state index < -0.39 is 24.5 Å². The molecule has 0 radical (unpaired) electrons. The molecule has 10 nitrogen and oxygen atoms in total. The Balaban J connectivity index is 1.60. The zero-order valence-corrected chi connectivity index (χ0v) is 14.1. The molecule has 0 aromatic carbocycles. The van der Waals surface area contributed by atoms with Crippen LogP contribution in [0.3, 0.4) is 0 Å². The average Bonchev–Trinajstić information content (AvgIpc) is 3.10. The van der Waals surface area contributed by atoms with Gasteiger partial charge in [-0.15, -0.1) is 0 Å². The zero-order chi connectivity index (χ0) is 17.3. The van der Waals surface area contributed by atoms with Gasteiger partial charge in [0.2, 0.25) is 0 Å². The van der Waals surface area contributed by atoms with Gasteiger partial charge in [0, 0.05) is 13.2 Å². The van der Waals surface area contributed by atoms with Crippen LogP contribution in [-0.4, -0.2) is 103 Å². The molecule has 10 heteroatoms. The Morgan fingerprint density at radius 1 is 1.25 bits per heavy atom. The van der Waals surface area contributed by atoms with Gasteiger partial charge in [-0.05, 0) is 26.6 Å². The molecule has 3 fully saturated rings. The Morgan fingerprint density at radius 2 is 2.04 bits per heavy atom. The van der Waals surface area contributed by atoms with E-state index in [4.69, 9.17) is 16.2 Å². The lowest BCUT2D eigenvalue weighted by molar-refractivity contribution is -0.106. The smallest absolute Gasteiger partial charge is 0.142 e. The van der Waals surface area contributed by atoms with Crippen molar-refractivity contribution in [2.24, 2.45) is 11.5 Å². The molecule has 140 valence electrons. The van der Waals surface area contributed by atoms with Crippen molar-refractivity contribution in [3.8, 4) is 0 Å². The highest BCUT2D eigenvalue weighted by Crippen LogP contribution is 2.28.